The number of fused-ring (bicyclic) bond motifs is 1. The molecule has 5 nitrogen and oxygen atoms in total. The molecule has 0 bridgehead atoms. The molecular formula is C17H24N2O3. The Morgan fingerprint density at radius 3 is 2.91 bits per heavy atom. The minimum atomic E-state index is -0.987. The number of rotatable bonds is 5. The summed E-state index contributed by atoms with van der Waals surface area (Å²) in [5.74, 6) is 0.453. The maximum atomic E-state index is 11.0. The Labute approximate surface area is 131 Å². The standard InChI is InChI=1S/C17H24N2O3/c18-17(21)16(20)13-4-8-19(9-5-13)7-3-12-1-2-15-14(11-12)6-10-22-15/h1-2,11,13,16,20H,3-10H2,(H2,18,21). The lowest BCUT2D eigenvalue weighted by Gasteiger charge is -2.33. The lowest BCUT2D eigenvalue weighted by molar-refractivity contribution is -0.129. The van der Waals surface area contributed by atoms with Crippen molar-refractivity contribution in [1.29, 1.82) is 0 Å². The van der Waals surface area contributed by atoms with Crippen LogP contribution in [0.3, 0.4) is 0 Å². The summed E-state index contributed by atoms with van der Waals surface area (Å²) in [5, 5.41) is 9.73. The van der Waals surface area contributed by atoms with Gasteiger partial charge in [0.2, 0.25) is 5.91 Å². The molecule has 5 heteroatoms. The van der Waals surface area contributed by atoms with Crippen molar-refractivity contribution in [2.75, 3.05) is 26.2 Å². The van der Waals surface area contributed by atoms with Gasteiger partial charge >= 0.3 is 0 Å². The minimum Gasteiger partial charge on any atom is -0.493 e. The topological polar surface area (TPSA) is 75.8 Å². The zero-order chi connectivity index (χ0) is 15.5. The van der Waals surface area contributed by atoms with Crippen LogP contribution in [0.5, 0.6) is 5.75 Å². The Bertz CT molecular complexity index is 539. The van der Waals surface area contributed by atoms with Crippen molar-refractivity contribution in [3.8, 4) is 5.75 Å². The van der Waals surface area contributed by atoms with Gasteiger partial charge < -0.3 is 20.5 Å². The van der Waals surface area contributed by atoms with Crippen LogP contribution in [0.2, 0.25) is 0 Å². The molecule has 0 saturated carbocycles. The van der Waals surface area contributed by atoms with Crippen LogP contribution in [0.1, 0.15) is 24.0 Å². The monoisotopic (exact) mass is 304 g/mol. The molecule has 1 aromatic rings. The van der Waals surface area contributed by atoms with Gasteiger partial charge in [-0.05, 0) is 55.5 Å². The van der Waals surface area contributed by atoms with Gasteiger partial charge in [-0.25, -0.2) is 0 Å². The second kappa shape index (κ2) is 6.67. The second-order valence-electron chi connectivity index (χ2n) is 6.32. The molecule has 1 saturated heterocycles. The SMILES string of the molecule is NC(=O)C(O)C1CCN(CCc2ccc3c(c2)CCO3)CC1. The first-order valence-electron chi connectivity index (χ1n) is 8.08. The van der Waals surface area contributed by atoms with E-state index in [1.165, 1.54) is 11.1 Å². The number of nitrogens with zero attached hydrogens (tertiary/aromatic N) is 1. The first-order chi connectivity index (χ1) is 10.6. The van der Waals surface area contributed by atoms with Gasteiger partial charge in [-0.1, -0.05) is 12.1 Å². The summed E-state index contributed by atoms with van der Waals surface area (Å²) in [6.45, 7) is 3.65. The van der Waals surface area contributed by atoms with Gasteiger partial charge in [0, 0.05) is 13.0 Å². The highest BCUT2D eigenvalue weighted by Crippen LogP contribution is 2.26. The molecule has 2 heterocycles. The van der Waals surface area contributed by atoms with Crippen LogP contribution < -0.4 is 10.5 Å². The average molecular weight is 304 g/mol. The summed E-state index contributed by atoms with van der Waals surface area (Å²) in [6.07, 6.45) is 2.72. The van der Waals surface area contributed by atoms with Crippen LogP contribution >= 0.6 is 0 Å². The number of benzene rings is 1. The van der Waals surface area contributed by atoms with Gasteiger partial charge in [0.1, 0.15) is 11.9 Å². The van der Waals surface area contributed by atoms with E-state index in [1.54, 1.807) is 0 Å². The van der Waals surface area contributed by atoms with Crippen LogP contribution in [0.15, 0.2) is 18.2 Å². The molecule has 3 N–H and O–H groups in total. The predicted molar refractivity (Wildman–Crippen MR) is 83.7 cm³/mol. The molecule has 3 rings (SSSR count). The van der Waals surface area contributed by atoms with Gasteiger partial charge in [0.15, 0.2) is 0 Å². The van der Waals surface area contributed by atoms with E-state index in [0.717, 1.165) is 57.7 Å². The molecule has 0 radical (unpaired) electrons. The third-order valence-electron chi connectivity index (χ3n) is 4.84. The largest absolute Gasteiger partial charge is 0.493 e. The quantitative estimate of drug-likeness (QED) is 0.840. The average Bonchev–Trinajstić information content (AvgIpc) is 3.00. The normalized spacial score (nSPS) is 20.4. The number of piperidine rings is 1. The van der Waals surface area contributed by atoms with E-state index in [2.05, 4.69) is 23.1 Å². The molecule has 120 valence electrons. The molecule has 0 spiro atoms. The highest BCUT2D eigenvalue weighted by atomic mass is 16.5. The van der Waals surface area contributed by atoms with E-state index in [4.69, 9.17) is 10.5 Å². The van der Waals surface area contributed by atoms with Crippen LogP contribution in [0.25, 0.3) is 0 Å². The van der Waals surface area contributed by atoms with Crippen molar-refractivity contribution in [2.45, 2.75) is 31.8 Å². The zero-order valence-electron chi connectivity index (χ0n) is 12.8. The van der Waals surface area contributed by atoms with Crippen LogP contribution in [0.4, 0.5) is 0 Å². The van der Waals surface area contributed by atoms with E-state index < -0.39 is 12.0 Å². The van der Waals surface area contributed by atoms with Crippen molar-refractivity contribution in [3.63, 3.8) is 0 Å². The molecule has 0 aromatic heterocycles. The van der Waals surface area contributed by atoms with Crippen molar-refractivity contribution >= 4 is 5.91 Å². The number of aliphatic hydroxyl groups is 1. The summed E-state index contributed by atoms with van der Waals surface area (Å²) in [7, 11) is 0. The maximum absolute atomic E-state index is 11.0. The summed E-state index contributed by atoms with van der Waals surface area (Å²) in [5.41, 5.74) is 7.84. The number of likely N-dealkylation sites (tertiary alicyclic amines) is 1. The minimum absolute atomic E-state index is 0.0193. The molecule has 22 heavy (non-hydrogen) atoms. The number of ether oxygens (including phenoxy) is 1. The molecule has 1 aromatic carbocycles. The highest BCUT2D eigenvalue weighted by molar-refractivity contribution is 5.78. The highest BCUT2D eigenvalue weighted by Gasteiger charge is 2.28. The fourth-order valence-corrected chi connectivity index (χ4v) is 3.41. The van der Waals surface area contributed by atoms with Crippen molar-refractivity contribution in [3.05, 3.63) is 29.3 Å². The fraction of sp³-hybridized carbons (Fsp3) is 0.588. The molecule has 1 atom stereocenters. The van der Waals surface area contributed by atoms with Crippen molar-refractivity contribution in [2.24, 2.45) is 11.7 Å². The van der Waals surface area contributed by atoms with Crippen LogP contribution in [-0.2, 0) is 17.6 Å². The van der Waals surface area contributed by atoms with Gasteiger partial charge in [-0.15, -0.1) is 0 Å². The molecule has 2 aliphatic rings. The molecule has 1 unspecified atom stereocenters. The van der Waals surface area contributed by atoms with E-state index in [0.29, 0.717) is 0 Å². The van der Waals surface area contributed by atoms with E-state index in [9.17, 15) is 9.90 Å². The number of nitrogens with two attached hydrogens (primary N) is 1. The summed E-state index contributed by atoms with van der Waals surface area (Å²) >= 11 is 0. The van der Waals surface area contributed by atoms with E-state index >= 15 is 0 Å². The summed E-state index contributed by atoms with van der Waals surface area (Å²) in [4.78, 5) is 13.4. The van der Waals surface area contributed by atoms with Gasteiger partial charge in [0.05, 0.1) is 6.61 Å². The number of hydrogen-bond donors (Lipinski definition) is 2. The number of carbonyl (C=O) groups is 1. The first kappa shape index (κ1) is 15.3. The number of carbonyl (C=O) groups excluding carboxylic acids is 1. The summed E-state index contributed by atoms with van der Waals surface area (Å²) in [6, 6.07) is 6.48. The number of hydrogen-bond acceptors (Lipinski definition) is 4. The van der Waals surface area contributed by atoms with E-state index in [-0.39, 0.29) is 5.92 Å². The lowest BCUT2D eigenvalue weighted by atomic mass is 9.90. The van der Waals surface area contributed by atoms with Gasteiger partial charge in [-0.3, -0.25) is 4.79 Å². The molecule has 1 fully saturated rings. The second-order valence-corrected chi connectivity index (χ2v) is 6.32. The number of aliphatic hydroxyl groups excluding tert-OH is 1. The molecule has 1 amide bonds. The van der Waals surface area contributed by atoms with Gasteiger partial charge in [0.25, 0.3) is 0 Å². The lowest BCUT2D eigenvalue weighted by Crippen LogP contribution is -2.43. The Morgan fingerprint density at radius 2 is 2.18 bits per heavy atom. The maximum Gasteiger partial charge on any atom is 0.246 e. The molecule has 0 aliphatic carbocycles. The van der Waals surface area contributed by atoms with E-state index in [1.807, 2.05) is 0 Å². The first-order valence-corrected chi connectivity index (χ1v) is 8.08. The predicted octanol–water partition coefficient (Wildman–Crippen LogP) is 0.722. The number of amides is 1. The molecule has 2 aliphatic heterocycles. The Hall–Kier alpha value is -1.59. The third-order valence-corrected chi connectivity index (χ3v) is 4.84. The zero-order valence-corrected chi connectivity index (χ0v) is 12.8. The van der Waals surface area contributed by atoms with Crippen molar-refractivity contribution < 1.29 is 14.6 Å². The van der Waals surface area contributed by atoms with Crippen LogP contribution in [0, 0.1) is 5.92 Å². The number of primary amides is 1. The molecular weight excluding hydrogens is 280 g/mol. The van der Waals surface area contributed by atoms with Crippen LogP contribution in [-0.4, -0.2) is 48.3 Å². The smallest absolute Gasteiger partial charge is 0.246 e. The fourth-order valence-electron chi connectivity index (χ4n) is 3.41. The Balaban J connectivity index is 1.46. The Kier molecular flexibility index (Phi) is 4.64. The van der Waals surface area contributed by atoms with Crippen molar-refractivity contribution in [1.82, 2.24) is 4.90 Å². The van der Waals surface area contributed by atoms with Gasteiger partial charge in [-0.2, -0.15) is 0 Å². The summed E-state index contributed by atoms with van der Waals surface area (Å²) < 4.78 is 5.53. The Morgan fingerprint density at radius 1 is 1.41 bits per heavy atom. The third kappa shape index (κ3) is 3.42.